The Labute approximate surface area is 168 Å². The first-order valence-electron chi connectivity index (χ1n) is 8.78. The predicted octanol–water partition coefficient (Wildman–Crippen LogP) is 2.39. The van der Waals surface area contributed by atoms with Crippen molar-refractivity contribution in [3.8, 4) is 11.5 Å². The number of amides is 2. The molecule has 0 aliphatic rings. The third-order valence-electron chi connectivity index (χ3n) is 3.70. The molecule has 0 atom stereocenters. The van der Waals surface area contributed by atoms with Crippen LogP contribution in [-0.2, 0) is 14.3 Å². The molecule has 0 saturated carbocycles. The number of primary amides is 1. The van der Waals surface area contributed by atoms with Gasteiger partial charge in [0, 0.05) is 17.3 Å². The van der Waals surface area contributed by atoms with Gasteiger partial charge in [0.2, 0.25) is 5.91 Å². The maximum absolute atomic E-state index is 11.9. The first kappa shape index (κ1) is 21.5. The van der Waals surface area contributed by atoms with Crippen molar-refractivity contribution >= 4 is 29.5 Å². The zero-order chi connectivity index (χ0) is 21.2. The molecule has 2 rings (SSSR count). The number of nitrogens with one attached hydrogen (secondary N) is 1. The Morgan fingerprint density at radius 3 is 2.41 bits per heavy atom. The van der Waals surface area contributed by atoms with Crippen LogP contribution in [0.15, 0.2) is 48.5 Å². The molecule has 0 bridgehead atoms. The van der Waals surface area contributed by atoms with Crippen molar-refractivity contribution in [1.29, 1.82) is 0 Å². The summed E-state index contributed by atoms with van der Waals surface area (Å²) in [5, 5.41) is 2.55. The molecule has 0 aliphatic carbocycles. The van der Waals surface area contributed by atoms with E-state index in [0.717, 1.165) is 0 Å². The first-order chi connectivity index (χ1) is 13.9. The minimum Gasteiger partial charge on any atom is -0.493 e. The number of anilines is 1. The van der Waals surface area contributed by atoms with Gasteiger partial charge in [0.05, 0.1) is 13.7 Å². The summed E-state index contributed by atoms with van der Waals surface area (Å²) in [7, 11) is 1.53. The Balaban J connectivity index is 1.85. The maximum atomic E-state index is 11.9. The summed E-state index contributed by atoms with van der Waals surface area (Å²) in [4.78, 5) is 34.7. The van der Waals surface area contributed by atoms with Gasteiger partial charge in [-0.1, -0.05) is 6.07 Å². The van der Waals surface area contributed by atoms with Crippen LogP contribution in [0.4, 0.5) is 5.69 Å². The highest BCUT2D eigenvalue weighted by atomic mass is 16.5. The monoisotopic (exact) mass is 398 g/mol. The number of carbonyl (C=O) groups is 3. The van der Waals surface area contributed by atoms with Gasteiger partial charge >= 0.3 is 5.97 Å². The minimum absolute atomic E-state index is 0.325. The molecular weight excluding hydrogens is 376 g/mol. The van der Waals surface area contributed by atoms with E-state index in [2.05, 4.69) is 5.32 Å². The molecule has 0 aliphatic heterocycles. The number of hydrogen-bond donors (Lipinski definition) is 2. The molecular formula is C21H22N2O6. The van der Waals surface area contributed by atoms with Crippen molar-refractivity contribution in [2.24, 2.45) is 5.73 Å². The summed E-state index contributed by atoms with van der Waals surface area (Å²) >= 11 is 0. The largest absolute Gasteiger partial charge is 0.493 e. The summed E-state index contributed by atoms with van der Waals surface area (Å²) in [5.41, 5.74) is 6.64. The molecule has 0 saturated heterocycles. The molecule has 2 aromatic carbocycles. The average Bonchev–Trinajstić information content (AvgIpc) is 2.72. The van der Waals surface area contributed by atoms with Crippen LogP contribution in [0.3, 0.4) is 0 Å². The van der Waals surface area contributed by atoms with Crippen molar-refractivity contribution < 1.29 is 28.6 Å². The smallest absolute Gasteiger partial charge is 0.331 e. The normalized spacial score (nSPS) is 10.4. The molecule has 2 aromatic rings. The Bertz CT molecular complexity index is 906. The standard InChI is InChI=1S/C21H22N2O6/c1-3-28-17-10-4-14(12-18(17)27-2)5-11-20(25)29-13-19(24)23-16-8-6-15(7-9-16)21(22)26/h4-12H,3,13H2,1-2H3,(H2,22,26)(H,23,24). The molecule has 3 N–H and O–H groups in total. The zero-order valence-electron chi connectivity index (χ0n) is 16.1. The van der Waals surface area contributed by atoms with Crippen LogP contribution < -0.4 is 20.5 Å². The number of methoxy groups -OCH3 is 1. The molecule has 0 fully saturated rings. The van der Waals surface area contributed by atoms with Crippen molar-refractivity contribution in [3.63, 3.8) is 0 Å². The van der Waals surface area contributed by atoms with Gasteiger partial charge in [0.25, 0.3) is 5.91 Å². The SMILES string of the molecule is CCOc1ccc(C=CC(=O)OCC(=O)Nc2ccc(C(N)=O)cc2)cc1OC. The van der Waals surface area contributed by atoms with E-state index < -0.39 is 24.4 Å². The average molecular weight is 398 g/mol. The molecule has 8 heteroatoms. The van der Waals surface area contributed by atoms with Gasteiger partial charge in [-0.2, -0.15) is 0 Å². The van der Waals surface area contributed by atoms with E-state index in [-0.39, 0.29) is 0 Å². The fourth-order valence-electron chi connectivity index (χ4n) is 2.33. The Morgan fingerprint density at radius 2 is 1.79 bits per heavy atom. The van der Waals surface area contributed by atoms with Gasteiger partial charge in [0.15, 0.2) is 18.1 Å². The Kier molecular flexibility index (Phi) is 7.78. The van der Waals surface area contributed by atoms with Gasteiger partial charge in [-0.3, -0.25) is 9.59 Å². The van der Waals surface area contributed by atoms with Crippen molar-refractivity contribution in [2.75, 3.05) is 25.6 Å². The number of nitrogens with two attached hydrogens (primary N) is 1. The summed E-state index contributed by atoms with van der Waals surface area (Å²) in [6.07, 6.45) is 2.76. The number of rotatable bonds is 9. The molecule has 0 aromatic heterocycles. The van der Waals surface area contributed by atoms with E-state index in [4.69, 9.17) is 19.9 Å². The molecule has 0 radical (unpaired) electrons. The van der Waals surface area contributed by atoms with Crippen LogP contribution in [0, 0.1) is 0 Å². The van der Waals surface area contributed by atoms with Crippen LogP contribution in [0.2, 0.25) is 0 Å². The topological polar surface area (TPSA) is 117 Å². The van der Waals surface area contributed by atoms with Crippen molar-refractivity contribution in [1.82, 2.24) is 0 Å². The van der Waals surface area contributed by atoms with Gasteiger partial charge in [-0.15, -0.1) is 0 Å². The highest BCUT2D eigenvalue weighted by molar-refractivity contribution is 5.96. The van der Waals surface area contributed by atoms with Gasteiger partial charge < -0.3 is 25.3 Å². The molecule has 8 nitrogen and oxygen atoms in total. The van der Waals surface area contributed by atoms with Crippen molar-refractivity contribution in [3.05, 3.63) is 59.7 Å². The van der Waals surface area contributed by atoms with E-state index in [1.165, 1.54) is 37.5 Å². The molecule has 0 heterocycles. The molecule has 29 heavy (non-hydrogen) atoms. The third kappa shape index (κ3) is 6.69. The summed E-state index contributed by atoms with van der Waals surface area (Å²) in [6, 6.07) is 11.2. The van der Waals surface area contributed by atoms with Gasteiger partial charge in [0.1, 0.15) is 0 Å². The number of ether oxygens (including phenoxy) is 3. The van der Waals surface area contributed by atoms with Crippen molar-refractivity contribution in [2.45, 2.75) is 6.92 Å². The van der Waals surface area contributed by atoms with E-state index in [0.29, 0.717) is 34.9 Å². The maximum Gasteiger partial charge on any atom is 0.331 e. The van der Waals surface area contributed by atoms with Gasteiger partial charge in [-0.05, 0) is 55.0 Å². The summed E-state index contributed by atoms with van der Waals surface area (Å²) < 4.78 is 15.6. The van der Waals surface area contributed by atoms with Crippen LogP contribution in [-0.4, -0.2) is 38.1 Å². The highest BCUT2D eigenvalue weighted by Gasteiger charge is 2.08. The molecule has 0 spiro atoms. The second-order valence-electron chi connectivity index (χ2n) is 5.77. The molecule has 2 amide bonds. The van der Waals surface area contributed by atoms with E-state index in [9.17, 15) is 14.4 Å². The summed E-state index contributed by atoms with van der Waals surface area (Å²) in [6.45, 7) is 1.93. The molecule has 152 valence electrons. The predicted molar refractivity (Wildman–Crippen MR) is 108 cm³/mol. The fourth-order valence-corrected chi connectivity index (χ4v) is 2.33. The number of benzene rings is 2. The Hall–Kier alpha value is -3.81. The van der Waals surface area contributed by atoms with Crippen LogP contribution in [0.25, 0.3) is 6.08 Å². The van der Waals surface area contributed by atoms with E-state index in [1.807, 2.05) is 6.92 Å². The Morgan fingerprint density at radius 1 is 1.07 bits per heavy atom. The number of hydrogen-bond acceptors (Lipinski definition) is 6. The second-order valence-corrected chi connectivity index (χ2v) is 5.77. The lowest BCUT2D eigenvalue weighted by Crippen LogP contribution is -2.20. The summed E-state index contributed by atoms with van der Waals surface area (Å²) in [5.74, 6) is -0.591. The zero-order valence-corrected chi connectivity index (χ0v) is 16.1. The quantitative estimate of drug-likeness (QED) is 0.495. The minimum atomic E-state index is -0.669. The third-order valence-corrected chi connectivity index (χ3v) is 3.70. The van der Waals surface area contributed by atoms with Gasteiger partial charge in [-0.25, -0.2) is 4.79 Å². The first-order valence-corrected chi connectivity index (χ1v) is 8.78. The lowest BCUT2D eigenvalue weighted by Gasteiger charge is -2.09. The molecule has 0 unspecified atom stereocenters. The van der Waals surface area contributed by atoms with E-state index >= 15 is 0 Å². The lowest BCUT2D eigenvalue weighted by molar-refractivity contribution is -0.142. The van der Waals surface area contributed by atoms with E-state index in [1.54, 1.807) is 24.3 Å². The van der Waals surface area contributed by atoms with Crippen LogP contribution >= 0.6 is 0 Å². The van der Waals surface area contributed by atoms with Crippen LogP contribution in [0.1, 0.15) is 22.8 Å². The number of carbonyl (C=O) groups excluding carboxylic acids is 3. The second kappa shape index (κ2) is 10.5. The number of esters is 1. The fraction of sp³-hybridized carbons (Fsp3) is 0.190. The lowest BCUT2D eigenvalue weighted by atomic mass is 10.2. The highest BCUT2D eigenvalue weighted by Crippen LogP contribution is 2.28. The van der Waals surface area contributed by atoms with Crippen LogP contribution in [0.5, 0.6) is 11.5 Å².